The predicted molar refractivity (Wildman–Crippen MR) is 87.4 cm³/mol. The van der Waals surface area contributed by atoms with Crippen LogP contribution in [0.4, 0.5) is 0 Å². The summed E-state index contributed by atoms with van der Waals surface area (Å²) in [7, 11) is 0. The Kier molecular flexibility index (Phi) is 3.66. The zero-order valence-electron chi connectivity index (χ0n) is 14.1. The minimum Gasteiger partial charge on any atom is -0.350 e. The molecular formula is C18H27N3O. The molecule has 0 spiro atoms. The van der Waals surface area contributed by atoms with Crippen LogP contribution in [0.1, 0.15) is 50.1 Å². The summed E-state index contributed by atoms with van der Waals surface area (Å²) in [6.45, 7) is 12.9. The number of hydrogen-bond acceptors (Lipinski definition) is 2. The van der Waals surface area contributed by atoms with Crippen LogP contribution in [0.15, 0.2) is 12.2 Å². The first-order valence-corrected chi connectivity index (χ1v) is 8.29. The van der Waals surface area contributed by atoms with E-state index in [0.29, 0.717) is 17.8 Å². The van der Waals surface area contributed by atoms with E-state index in [1.54, 1.807) is 0 Å². The molecule has 4 nitrogen and oxygen atoms in total. The molecule has 1 amide bonds. The molecule has 3 atom stereocenters. The summed E-state index contributed by atoms with van der Waals surface area (Å²) < 4.78 is 0. The van der Waals surface area contributed by atoms with Gasteiger partial charge in [0.2, 0.25) is 5.91 Å². The second-order valence-corrected chi connectivity index (χ2v) is 7.65. The van der Waals surface area contributed by atoms with Crippen molar-refractivity contribution in [2.45, 2.75) is 59.4 Å². The summed E-state index contributed by atoms with van der Waals surface area (Å²) in [5.41, 5.74) is 4.84. The number of amides is 1. The van der Waals surface area contributed by atoms with Crippen LogP contribution in [0.3, 0.4) is 0 Å². The molecular weight excluding hydrogens is 274 g/mol. The van der Waals surface area contributed by atoms with Crippen LogP contribution in [0, 0.1) is 31.1 Å². The van der Waals surface area contributed by atoms with Crippen molar-refractivity contribution in [3.63, 3.8) is 0 Å². The zero-order chi connectivity index (χ0) is 16.1. The number of fused-ring (bicyclic) bond motifs is 2. The Bertz CT molecular complexity index is 594. The van der Waals surface area contributed by atoms with Gasteiger partial charge < -0.3 is 5.32 Å². The van der Waals surface area contributed by atoms with E-state index in [9.17, 15) is 4.79 Å². The van der Waals surface area contributed by atoms with E-state index in [4.69, 9.17) is 0 Å². The molecule has 2 N–H and O–H groups in total. The number of aromatic nitrogens is 2. The highest BCUT2D eigenvalue weighted by Gasteiger charge is 2.54. The average Bonchev–Trinajstić information content (AvgIpc) is 2.77. The molecule has 1 aromatic heterocycles. The van der Waals surface area contributed by atoms with Crippen LogP contribution < -0.4 is 5.32 Å². The molecule has 0 aromatic carbocycles. The van der Waals surface area contributed by atoms with Crippen LogP contribution in [0.5, 0.6) is 0 Å². The standard InChI is InChI=1S/C18H27N3O/c1-10-15-8-13(18(15,4)5)9-16(10)19-17(22)7-6-14-11(2)20-21-12(14)3/h13,15-16H,1,6-9H2,2-5H3,(H,19,22)(H,20,21)/t13-,15+,16?/m1/s1. The molecule has 1 heterocycles. The lowest BCUT2D eigenvalue weighted by atomic mass is 9.46. The number of hydrogen-bond donors (Lipinski definition) is 2. The second kappa shape index (κ2) is 5.25. The molecule has 22 heavy (non-hydrogen) atoms. The highest BCUT2D eigenvalue weighted by molar-refractivity contribution is 5.77. The Morgan fingerprint density at radius 3 is 2.68 bits per heavy atom. The fraction of sp³-hybridized carbons (Fsp3) is 0.667. The van der Waals surface area contributed by atoms with Crippen LogP contribution in [0.25, 0.3) is 0 Å². The molecule has 3 saturated carbocycles. The van der Waals surface area contributed by atoms with Crippen molar-refractivity contribution in [1.29, 1.82) is 0 Å². The Labute approximate surface area is 132 Å². The lowest BCUT2D eigenvalue weighted by Crippen LogP contribution is -2.57. The van der Waals surface area contributed by atoms with E-state index in [2.05, 4.69) is 35.9 Å². The maximum atomic E-state index is 12.3. The van der Waals surface area contributed by atoms with Crippen LogP contribution in [0.2, 0.25) is 0 Å². The Hall–Kier alpha value is -1.58. The van der Waals surface area contributed by atoms with Gasteiger partial charge in [0.1, 0.15) is 0 Å². The van der Waals surface area contributed by atoms with Gasteiger partial charge in [-0.1, -0.05) is 26.0 Å². The SMILES string of the molecule is C=C1C(NC(=O)CCc2c(C)n[nH]c2C)C[C@H]2C[C@@H]1C2(C)C. The van der Waals surface area contributed by atoms with Gasteiger partial charge in [0.25, 0.3) is 0 Å². The molecule has 3 fully saturated rings. The summed E-state index contributed by atoms with van der Waals surface area (Å²) in [5.74, 6) is 1.44. The topological polar surface area (TPSA) is 57.8 Å². The van der Waals surface area contributed by atoms with Gasteiger partial charge in [0.15, 0.2) is 0 Å². The molecule has 1 aromatic rings. The van der Waals surface area contributed by atoms with E-state index in [1.165, 1.54) is 17.6 Å². The summed E-state index contributed by atoms with van der Waals surface area (Å²) in [6.07, 6.45) is 3.57. The lowest BCUT2D eigenvalue weighted by molar-refractivity contribution is -0.123. The van der Waals surface area contributed by atoms with Crippen LogP contribution >= 0.6 is 0 Å². The van der Waals surface area contributed by atoms with Crippen molar-refractivity contribution in [1.82, 2.24) is 15.5 Å². The van der Waals surface area contributed by atoms with E-state index in [-0.39, 0.29) is 11.9 Å². The van der Waals surface area contributed by atoms with Gasteiger partial charge in [-0.15, -0.1) is 0 Å². The summed E-state index contributed by atoms with van der Waals surface area (Å²) in [4.78, 5) is 12.3. The number of carbonyl (C=O) groups is 1. The number of nitrogens with zero attached hydrogens (tertiary/aromatic N) is 1. The van der Waals surface area contributed by atoms with Gasteiger partial charge in [-0.3, -0.25) is 9.89 Å². The van der Waals surface area contributed by atoms with Crippen molar-refractivity contribution in [2.75, 3.05) is 0 Å². The normalized spacial score (nSPS) is 29.1. The van der Waals surface area contributed by atoms with E-state index < -0.39 is 0 Å². The van der Waals surface area contributed by atoms with Crippen molar-refractivity contribution in [3.05, 3.63) is 29.1 Å². The fourth-order valence-corrected chi connectivity index (χ4v) is 4.32. The number of nitrogens with one attached hydrogen (secondary N) is 2. The van der Waals surface area contributed by atoms with E-state index in [0.717, 1.165) is 30.1 Å². The molecule has 0 saturated heterocycles. The summed E-state index contributed by atoms with van der Waals surface area (Å²) in [5, 5.41) is 10.4. The molecule has 2 bridgehead atoms. The predicted octanol–water partition coefficient (Wildman–Crippen LogP) is 3.07. The second-order valence-electron chi connectivity index (χ2n) is 7.65. The van der Waals surface area contributed by atoms with Gasteiger partial charge in [0.05, 0.1) is 11.7 Å². The zero-order valence-corrected chi connectivity index (χ0v) is 14.1. The minimum absolute atomic E-state index is 0.130. The van der Waals surface area contributed by atoms with Gasteiger partial charge in [-0.2, -0.15) is 5.10 Å². The molecule has 3 aliphatic rings. The lowest BCUT2D eigenvalue weighted by Gasteiger charge is -2.60. The third-order valence-electron chi connectivity index (χ3n) is 6.10. The highest BCUT2D eigenvalue weighted by atomic mass is 16.1. The minimum atomic E-state index is 0.130. The van der Waals surface area contributed by atoms with Crippen molar-refractivity contribution in [2.24, 2.45) is 17.3 Å². The number of H-pyrrole nitrogens is 1. The molecule has 120 valence electrons. The Morgan fingerprint density at radius 1 is 1.41 bits per heavy atom. The number of aryl methyl sites for hydroxylation is 2. The maximum Gasteiger partial charge on any atom is 0.220 e. The number of carbonyl (C=O) groups excluding carboxylic acids is 1. The largest absolute Gasteiger partial charge is 0.350 e. The van der Waals surface area contributed by atoms with E-state index in [1.807, 2.05) is 13.8 Å². The third kappa shape index (κ3) is 2.38. The van der Waals surface area contributed by atoms with Gasteiger partial charge >= 0.3 is 0 Å². The molecule has 0 aliphatic heterocycles. The monoisotopic (exact) mass is 301 g/mol. The fourth-order valence-electron chi connectivity index (χ4n) is 4.32. The smallest absolute Gasteiger partial charge is 0.220 e. The molecule has 4 heteroatoms. The highest BCUT2D eigenvalue weighted by Crippen LogP contribution is 2.60. The molecule has 3 aliphatic carbocycles. The first kappa shape index (κ1) is 15.3. The third-order valence-corrected chi connectivity index (χ3v) is 6.10. The molecule has 0 radical (unpaired) electrons. The quantitative estimate of drug-likeness (QED) is 0.840. The first-order chi connectivity index (χ1) is 10.3. The van der Waals surface area contributed by atoms with Gasteiger partial charge in [-0.05, 0) is 55.9 Å². The number of aromatic amines is 1. The van der Waals surface area contributed by atoms with Crippen molar-refractivity contribution >= 4 is 5.91 Å². The molecule has 1 unspecified atom stereocenters. The Balaban J connectivity index is 1.54. The van der Waals surface area contributed by atoms with Crippen LogP contribution in [-0.2, 0) is 11.2 Å². The summed E-state index contributed by atoms with van der Waals surface area (Å²) >= 11 is 0. The van der Waals surface area contributed by atoms with Crippen LogP contribution in [-0.4, -0.2) is 22.1 Å². The maximum absolute atomic E-state index is 12.3. The summed E-state index contributed by atoms with van der Waals surface area (Å²) in [6, 6.07) is 0.177. The van der Waals surface area contributed by atoms with Crippen molar-refractivity contribution < 1.29 is 4.79 Å². The first-order valence-electron chi connectivity index (χ1n) is 8.29. The average molecular weight is 301 g/mol. The van der Waals surface area contributed by atoms with Crippen molar-refractivity contribution in [3.8, 4) is 0 Å². The van der Waals surface area contributed by atoms with E-state index >= 15 is 0 Å². The molecule has 4 rings (SSSR count). The van der Waals surface area contributed by atoms with Gasteiger partial charge in [0, 0.05) is 12.1 Å². The Morgan fingerprint density at radius 2 is 2.14 bits per heavy atom. The number of rotatable bonds is 4. The van der Waals surface area contributed by atoms with Gasteiger partial charge in [-0.25, -0.2) is 0 Å².